The molecule has 0 bridgehead atoms. The van der Waals surface area contributed by atoms with Crippen LogP contribution in [0.4, 0.5) is 18.9 Å². The highest BCUT2D eigenvalue weighted by Crippen LogP contribution is 2.36. The maximum atomic E-state index is 13.1. The minimum absolute atomic E-state index is 0.0767. The van der Waals surface area contributed by atoms with Gasteiger partial charge in [-0.1, -0.05) is 11.6 Å². The summed E-state index contributed by atoms with van der Waals surface area (Å²) in [4.78, 5) is 27.5. The van der Waals surface area contributed by atoms with Crippen LogP contribution in [0, 0.1) is 5.41 Å². The molecule has 1 aromatic heterocycles. The first-order valence-electron chi connectivity index (χ1n) is 11.2. The van der Waals surface area contributed by atoms with Gasteiger partial charge in [-0.15, -0.1) is 0 Å². The molecule has 0 spiro atoms. The summed E-state index contributed by atoms with van der Waals surface area (Å²) in [6, 6.07) is 4.79. The van der Waals surface area contributed by atoms with E-state index in [2.05, 4.69) is 15.6 Å². The van der Waals surface area contributed by atoms with Crippen molar-refractivity contribution in [1.82, 2.24) is 10.3 Å². The number of hydrogen-bond donors (Lipinski definition) is 3. The normalized spacial score (nSPS) is 16.2. The summed E-state index contributed by atoms with van der Waals surface area (Å²) < 4.78 is 49.9. The number of hydrogen-bond acceptors (Lipinski definition) is 6. The Hall–Kier alpha value is -3.05. The van der Waals surface area contributed by atoms with Crippen LogP contribution >= 0.6 is 11.6 Å². The fourth-order valence-electron chi connectivity index (χ4n) is 4.12. The number of amides is 1. The molecule has 0 radical (unpaired) electrons. The average Bonchev–Trinajstić information content (AvgIpc) is 2.83. The van der Waals surface area contributed by atoms with Crippen LogP contribution in [-0.2, 0) is 15.7 Å². The minimum Gasteiger partial charge on any atom is -0.495 e. The van der Waals surface area contributed by atoms with Crippen molar-refractivity contribution in [1.29, 1.82) is 0 Å². The van der Waals surface area contributed by atoms with Crippen LogP contribution in [0.25, 0.3) is 0 Å². The number of nitrogens with zero attached hydrogens (tertiary/aromatic N) is 1. The maximum absolute atomic E-state index is 13.1. The van der Waals surface area contributed by atoms with E-state index < -0.39 is 35.2 Å². The van der Waals surface area contributed by atoms with Crippen molar-refractivity contribution in [3.05, 3.63) is 52.3 Å². The third-order valence-electron chi connectivity index (χ3n) is 6.18. The molecule has 0 saturated carbocycles. The Bertz CT molecular complexity index is 1110. The van der Waals surface area contributed by atoms with Crippen LogP contribution in [0.2, 0.25) is 5.02 Å². The van der Waals surface area contributed by atoms with Crippen molar-refractivity contribution >= 4 is 29.2 Å². The molecule has 2 aromatic rings. The number of carboxylic acids is 1. The van der Waals surface area contributed by atoms with E-state index in [0.29, 0.717) is 31.7 Å². The van der Waals surface area contributed by atoms with Crippen LogP contribution in [-0.4, -0.2) is 48.8 Å². The molecule has 2 heterocycles. The second-order valence-corrected chi connectivity index (χ2v) is 9.14. The molecule has 1 aliphatic rings. The van der Waals surface area contributed by atoms with E-state index in [-0.39, 0.29) is 34.9 Å². The molecule has 0 aliphatic carbocycles. The summed E-state index contributed by atoms with van der Waals surface area (Å²) in [6.07, 6.45) is -2.63. The molecule has 3 rings (SSSR count). The lowest BCUT2D eigenvalue weighted by molar-refractivity contribution is -0.142. The van der Waals surface area contributed by atoms with Crippen molar-refractivity contribution in [2.75, 3.05) is 32.2 Å². The summed E-state index contributed by atoms with van der Waals surface area (Å²) in [5, 5.41) is 15.3. The Kier molecular flexibility index (Phi) is 8.67. The topological polar surface area (TPSA) is 110 Å². The number of halogens is 4. The number of pyridine rings is 1. The van der Waals surface area contributed by atoms with Crippen LogP contribution in [0.15, 0.2) is 30.5 Å². The van der Waals surface area contributed by atoms with Gasteiger partial charge in [-0.3, -0.25) is 9.59 Å². The van der Waals surface area contributed by atoms with Gasteiger partial charge in [0, 0.05) is 36.3 Å². The monoisotopic (exact) mass is 529 g/mol. The Morgan fingerprint density at radius 3 is 2.56 bits per heavy atom. The van der Waals surface area contributed by atoms with Crippen molar-refractivity contribution in [2.45, 2.75) is 38.4 Å². The summed E-state index contributed by atoms with van der Waals surface area (Å²) >= 11 is 6.37. The summed E-state index contributed by atoms with van der Waals surface area (Å²) in [5.41, 5.74) is -0.732. The Labute approximate surface area is 211 Å². The molecule has 196 valence electrons. The zero-order chi connectivity index (χ0) is 26.5. The highest BCUT2D eigenvalue weighted by molar-refractivity contribution is 6.33. The molecule has 0 unspecified atom stereocenters. The quantitative estimate of drug-likeness (QED) is 0.422. The molecule has 1 saturated heterocycles. The molecular weight excluding hydrogens is 503 g/mol. The number of aliphatic carboxylic acids is 1. The smallest absolute Gasteiger partial charge is 0.433 e. The molecule has 36 heavy (non-hydrogen) atoms. The molecule has 3 N–H and O–H groups in total. The largest absolute Gasteiger partial charge is 0.495 e. The van der Waals surface area contributed by atoms with E-state index in [0.717, 1.165) is 12.3 Å². The van der Waals surface area contributed by atoms with Gasteiger partial charge in [-0.2, -0.15) is 13.2 Å². The second-order valence-electron chi connectivity index (χ2n) is 8.74. The van der Waals surface area contributed by atoms with E-state index in [1.807, 2.05) is 0 Å². The fraction of sp³-hybridized carbons (Fsp3) is 0.458. The Morgan fingerprint density at radius 1 is 1.28 bits per heavy atom. The first-order valence-corrected chi connectivity index (χ1v) is 11.6. The molecule has 1 aliphatic heterocycles. The minimum atomic E-state index is -4.61. The van der Waals surface area contributed by atoms with Gasteiger partial charge in [-0.25, -0.2) is 4.98 Å². The van der Waals surface area contributed by atoms with E-state index in [9.17, 15) is 27.9 Å². The predicted molar refractivity (Wildman–Crippen MR) is 126 cm³/mol. The molecule has 8 nitrogen and oxygen atoms in total. The van der Waals surface area contributed by atoms with Crippen molar-refractivity contribution in [2.24, 2.45) is 5.41 Å². The Balaban J connectivity index is 1.71. The molecule has 1 amide bonds. The summed E-state index contributed by atoms with van der Waals surface area (Å²) in [5.74, 6) is -1.18. The van der Waals surface area contributed by atoms with Gasteiger partial charge in [0.05, 0.1) is 36.5 Å². The van der Waals surface area contributed by atoms with Gasteiger partial charge in [0.2, 0.25) is 0 Å². The SMILES string of the molecule is COc1cnc(C(F)(F)F)cc1[C@H](C)Nc1ccc(C(=O)NCC2(CC(=O)O)CCOCC2)cc1Cl. The van der Waals surface area contributed by atoms with Crippen molar-refractivity contribution < 1.29 is 37.3 Å². The lowest BCUT2D eigenvalue weighted by Gasteiger charge is -2.36. The lowest BCUT2D eigenvalue weighted by atomic mass is 9.77. The van der Waals surface area contributed by atoms with E-state index in [1.54, 1.807) is 13.0 Å². The Morgan fingerprint density at radius 2 is 1.97 bits per heavy atom. The number of carboxylic acid groups (broad SMARTS) is 1. The first-order chi connectivity index (χ1) is 16.9. The number of anilines is 1. The molecule has 12 heteroatoms. The lowest BCUT2D eigenvalue weighted by Crippen LogP contribution is -2.42. The molecular formula is C24H27ClF3N3O5. The van der Waals surface area contributed by atoms with Gasteiger partial charge in [0.25, 0.3) is 5.91 Å². The standard InChI is InChI=1S/C24H27ClF3N3O5/c1-14(16-10-20(24(26,27)28)29-12-19(16)35-2)31-18-4-3-15(9-17(18)25)22(34)30-13-23(11-21(32)33)5-7-36-8-6-23/h3-4,9-10,12,14,31H,5-8,11,13H2,1-2H3,(H,30,34)(H,32,33)/t14-/m0/s1. The number of alkyl halides is 3. The van der Waals surface area contributed by atoms with Gasteiger partial charge in [0.1, 0.15) is 11.4 Å². The van der Waals surface area contributed by atoms with E-state index in [1.165, 1.54) is 19.2 Å². The third-order valence-corrected chi connectivity index (χ3v) is 6.49. The van der Waals surface area contributed by atoms with Crippen molar-refractivity contribution in [3.63, 3.8) is 0 Å². The molecule has 1 atom stereocenters. The van der Waals surface area contributed by atoms with E-state index in [4.69, 9.17) is 21.1 Å². The molecule has 1 aromatic carbocycles. The van der Waals surface area contributed by atoms with Crippen molar-refractivity contribution in [3.8, 4) is 5.75 Å². The van der Waals surface area contributed by atoms with Crippen LogP contribution in [0.1, 0.15) is 53.8 Å². The number of aromatic nitrogens is 1. The number of methoxy groups -OCH3 is 1. The van der Waals surface area contributed by atoms with Crippen LogP contribution < -0.4 is 15.4 Å². The van der Waals surface area contributed by atoms with Gasteiger partial charge < -0.3 is 25.2 Å². The van der Waals surface area contributed by atoms with Gasteiger partial charge in [0.15, 0.2) is 0 Å². The highest BCUT2D eigenvalue weighted by Gasteiger charge is 2.36. The number of benzene rings is 1. The van der Waals surface area contributed by atoms with E-state index >= 15 is 0 Å². The number of carbonyl (C=O) groups excluding carboxylic acids is 1. The fourth-order valence-corrected chi connectivity index (χ4v) is 4.35. The summed E-state index contributed by atoms with van der Waals surface area (Å²) in [6.45, 7) is 2.69. The maximum Gasteiger partial charge on any atom is 0.433 e. The van der Waals surface area contributed by atoms with Gasteiger partial charge in [-0.05, 0) is 44.0 Å². The number of nitrogens with one attached hydrogen (secondary N) is 2. The van der Waals surface area contributed by atoms with Gasteiger partial charge >= 0.3 is 12.1 Å². The number of carbonyl (C=O) groups is 2. The van der Waals surface area contributed by atoms with Crippen LogP contribution in [0.5, 0.6) is 5.75 Å². The number of ether oxygens (including phenoxy) is 2. The zero-order valence-electron chi connectivity index (χ0n) is 19.7. The third kappa shape index (κ3) is 6.79. The summed E-state index contributed by atoms with van der Waals surface area (Å²) in [7, 11) is 1.34. The van der Waals surface area contributed by atoms with Crippen LogP contribution in [0.3, 0.4) is 0 Å². The molecule has 1 fully saturated rings. The second kappa shape index (κ2) is 11.3. The first kappa shape index (κ1) is 27.5. The number of rotatable bonds is 9. The highest BCUT2D eigenvalue weighted by atomic mass is 35.5. The average molecular weight is 530 g/mol. The predicted octanol–water partition coefficient (Wildman–Crippen LogP) is 4.94. The zero-order valence-corrected chi connectivity index (χ0v) is 20.5.